The van der Waals surface area contributed by atoms with Crippen LogP contribution in [0.15, 0.2) is 24.3 Å². The van der Waals surface area contributed by atoms with E-state index in [9.17, 15) is 14.7 Å². The first kappa shape index (κ1) is 15.5. The Morgan fingerprint density at radius 1 is 1.42 bits per heavy atom. The van der Waals surface area contributed by atoms with E-state index >= 15 is 0 Å². The zero-order valence-corrected chi connectivity index (χ0v) is 11.4. The summed E-state index contributed by atoms with van der Waals surface area (Å²) >= 11 is 5.94. The number of halogens is 1. The number of carboxylic acids is 1. The Kier molecular flexibility index (Phi) is 5.79. The Hall–Kier alpha value is -1.59. The van der Waals surface area contributed by atoms with Gasteiger partial charge in [-0.25, -0.2) is 4.79 Å². The highest BCUT2D eigenvalue weighted by Gasteiger charge is 2.26. The molecule has 0 spiro atoms. The minimum atomic E-state index is -1.19. The highest BCUT2D eigenvalue weighted by atomic mass is 35.5. The molecule has 0 aromatic heterocycles. The van der Waals surface area contributed by atoms with E-state index in [1.165, 1.54) is 0 Å². The van der Waals surface area contributed by atoms with Crippen LogP contribution in [0.3, 0.4) is 0 Å². The highest BCUT2D eigenvalue weighted by molar-refractivity contribution is 6.31. The maximum Gasteiger partial charge on any atom is 0.330 e. The Balaban J connectivity index is 2.89. The van der Waals surface area contributed by atoms with Crippen molar-refractivity contribution < 1.29 is 14.7 Å². The van der Waals surface area contributed by atoms with Crippen LogP contribution in [0.2, 0.25) is 5.02 Å². The van der Waals surface area contributed by atoms with Crippen molar-refractivity contribution >= 4 is 23.5 Å². The number of amides is 1. The zero-order valence-electron chi connectivity index (χ0n) is 10.6. The number of aliphatic carboxylic acids is 1. The van der Waals surface area contributed by atoms with E-state index < -0.39 is 24.0 Å². The molecule has 0 aliphatic carbocycles. The minimum Gasteiger partial charge on any atom is -0.479 e. The zero-order chi connectivity index (χ0) is 14.4. The van der Waals surface area contributed by atoms with Crippen molar-refractivity contribution in [2.45, 2.75) is 31.8 Å². The van der Waals surface area contributed by atoms with Crippen LogP contribution in [0.5, 0.6) is 0 Å². The summed E-state index contributed by atoms with van der Waals surface area (Å²) in [5.74, 6) is -1.67. The summed E-state index contributed by atoms with van der Waals surface area (Å²) < 4.78 is 0. The topological polar surface area (TPSA) is 92.4 Å². The summed E-state index contributed by atoms with van der Waals surface area (Å²) in [6.45, 7) is 1.90. The van der Waals surface area contributed by atoms with Gasteiger partial charge in [0, 0.05) is 10.6 Å². The van der Waals surface area contributed by atoms with Crippen LogP contribution >= 0.6 is 11.6 Å². The Bertz CT molecular complexity index is 465. The molecule has 1 rings (SSSR count). The molecular weight excluding hydrogens is 268 g/mol. The van der Waals surface area contributed by atoms with Gasteiger partial charge in [-0.2, -0.15) is 0 Å². The lowest BCUT2D eigenvalue weighted by Gasteiger charge is -2.18. The van der Waals surface area contributed by atoms with Crippen molar-refractivity contribution in [3.8, 4) is 0 Å². The molecule has 0 aliphatic rings. The molecule has 1 amide bonds. The molecule has 6 heteroatoms. The third kappa shape index (κ3) is 4.22. The maximum atomic E-state index is 11.8. The predicted molar refractivity (Wildman–Crippen MR) is 72.9 cm³/mol. The van der Waals surface area contributed by atoms with Crippen molar-refractivity contribution in [2.24, 2.45) is 5.73 Å². The van der Waals surface area contributed by atoms with Crippen LogP contribution in [0.4, 0.5) is 0 Å². The standard InChI is InChI=1S/C13H17ClN2O3/c1-2-5-10(15)12(17)16-11(13(18)19)8-6-3-4-7-9(8)14/h3-4,6-7,10-11H,2,5,15H2,1H3,(H,16,17)(H,18,19)/t10-,11-/m1/s1. The van der Waals surface area contributed by atoms with Gasteiger partial charge in [0.2, 0.25) is 5.91 Å². The van der Waals surface area contributed by atoms with Crippen molar-refractivity contribution in [3.63, 3.8) is 0 Å². The average Bonchev–Trinajstić information content (AvgIpc) is 2.36. The number of hydrogen-bond donors (Lipinski definition) is 3. The number of hydrogen-bond acceptors (Lipinski definition) is 3. The van der Waals surface area contributed by atoms with E-state index in [0.717, 1.165) is 6.42 Å². The molecule has 4 N–H and O–H groups in total. The molecular formula is C13H17ClN2O3. The van der Waals surface area contributed by atoms with Crippen LogP contribution in [0, 0.1) is 0 Å². The van der Waals surface area contributed by atoms with E-state index in [-0.39, 0.29) is 0 Å². The number of nitrogens with one attached hydrogen (secondary N) is 1. The van der Waals surface area contributed by atoms with Gasteiger partial charge in [0.15, 0.2) is 6.04 Å². The quantitative estimate of drug-likeness (QED) is 0.741. The van der Waals surface area contributed by atoms with Crippen LogP contribution in [0.1, 0.15) is 31.4 Å². The van der Waals surface area contributed by atoms with Gasteiger partial charge < -0.3 is 16.2 Å². The third-order valence-corrected chi connectivity index (χ3v) is 3.03. The second-order valence-corrected chi connectivity index (χ2v) is 4.60. The molecule has 1 aromatic rings. The first-order chi connectivity index (χ1) is 8.97. The molecule has 0 aliphatic heterocycles. The van der Waals surface area contributed by atoms with Crippen LogP contribution in [-0.2, 0) is 9.59 Å². The van der Waals surface area contributed by atoms with Crippen molar-refractivity contribution in [1.82, 2.24) is 5.32 Å². The van der Waals surface area contributed by atoms with Gasteiger partial charge in [-0.05, 0) is 12.5 Å². The summed E-state index contributed by atoms with van der Waals surface area (Å²) in [6.07, 6.45) is 1.25. The fraction of sp³-hybridized carbons (Fsp3) is 0.385. The first-order valence-electron chi connectivity index (χ1n) is 6.00. The Morgan fingerprint density at radius 2 is 2.05 bits per heavy atom. The molecule has 0 radical (unpaired) electrons. The van der Waals surface area contributed by atoms with E-state index in [1.54, 1.807) is 24.3 Å². The third-order valence-electron chi connectivity index (χ3n) is 2.69. The number of carboxylic acid groups (broad SMARTS) is 1. The molecule has 1 aromatic carbocycles. The van der Waals surface area contributed by atoms with E-state index in [0.29, 0.717) is 17.0 Å². The smallest absolute Gasteiger partial charge is 0.330 e. The Morgan fingerprint density at radius 3 is 2.58 bits per heavy atom. The fourth-order valence-electron chi connectivity index (χ4n) is 1.67. The van der Waals surface area contributed by atoms with Crippen LogP contribution < -0.4 is 11.1 Å². The number of benzene rings is 1. The van der Waals surface area contributed by atoms with Gasteiger partial charge in [-0.1, -0.05) is 43.1 Å². The number of rotatable bonds is 6. The van der Waals surface area contributed by atoms with Crippen LogP contribution in [-0.4, -0.2) is 23.0 Å². The summed E-state index contributed by atoms with van der Waals surface area (Å²) in [7, 11) is 0. The van der Waals surface area contributed by atoms with Gasteiger partial charge in [0.1, 0.15) is 0 Å². The lowest BCUT2D eigenvalue weighted by molar-refractivity contribution is -0.142. The minimum absolute atomic E-state index is 0.291. The maximum absolute atomic E-state index is 11.8. The van der Waals surface area contributed by atoms with Gasteiger partial charge >= 0.3 is 5.97 Å². The first-order valence-corrected chi connectivity index (χ1v) is 6.38. The lowest BCUT2D eigenvalue weighted by atomic mass is 10.1. The van der Waals surface area contributed by atoms with Gasteiger partial charge in [-0.3, -0.25) is 4.79 Å². The Labute approximate surface area is 116 Å². The molecule has 0 saturated carbocycles. The molecule has 104 valence electrons. The highest BCUT2D eigenvalue weighted by Crippen LogP contribution is 2.23. The number of carbonyl (C=O) groups is 2. The molecule has 2 atom stereocenters. The molecule has 5 nitrogen and oxygen atoms in total. The van der Waals surface area contributed by atoms with E-state index in [4.69, 9.17) is 17.3 Å². The summed E-state index contributed by atoms with van der Waals surface area (Å²) in [5.41, 5.74) is 6.00. The predicted octanol–water partition coefficient (Wildman–Crippen LogP) is 1.71. The molecule has 0 saturated heterocycles. The second-order valence-electron chi connectivity index (χ2n) is 4.20. The summed E-state index contributed by atoms with van der Waals surface area (Å²) in [4.78, 5) is 23.0. The summed E-state index contributed by atoms with van der Waals surface area (Å²) in [6, 6.07) is 4.58. The fourth-order valence-corrected chi connectivity index (χ4v) is 1.92. The van der Waals surface area contributed by atoms with Gasteiger partial charge in [0.05, 0.1) is 6.04 Å². The largest absolute Gasteiger partial charge is 0.479 e. The number of carbonyl (C=O) groups excluding carboxylic acids is 1. The van der Waals surface area contributed by atoms with E-state index in [2.05, 4.69) is 5.32 Å². The molecule has 0 fully saturated rings. The molecule has 0 heterocycles. The summed E-state index contributed by atoms with van der Waals surface area (Å²) in [5, 5.41) is 11.9. The van der Waals surface area contributed by atoms with Gasteiger partial charge in [0.25, 0.3) is 0 Å². The average molecular weight is 285 g/mol. The monoisotopic (exact) mass is 284 g/mol. The molecule has 0 bridgehead atoms. The molecule has 0 unspecified atom stereocenters. The normalized spacial score (nSPS) is 13.6. The molecule has 19 heavy (non-hydrogen) atoms. The van der Waals surface area contributed by atoms with Crippen molar-refractivity contribution in [3.05, 3.63) is 34.9 Å². The van der Waals surface area contributed by atoms with E-state index in [1.807, 2.05) is 6.92 Å². The second kappa shape index (κ2) is 7.11. The van der Waals surface area contributed by atoms with Crippen molar-refractivity contribution in [1.29, 1.82) is 0 Å². The SMILES string of the molecule is CCC[C@@H](N)C(=O)N[C@@H](C(=O)O)c1ccccc1Cl. The van der Waals surface area contributed by atoms with Gasteiger partial charge in [-0.15, -0.1) is 0 Å². The lowest BCUT2D eigenvalue weighted by Crippen LogP contribution is -2.44. The van der Waals surface area contributed by atoms with Crippen molar-refractivity contribution in [2.75, 3.05) is 0 Å². The number of nitrogens with two attached hydrogens (primary N) is 1. The van der Waals surface area contributed by atoms with Crippen LogP contribution in [0.25, 0.3) is 0 Å².